The van der Waals surface area contributed by atoms with Gasteiger partial charge >= 0.3 is 0 Å². The maximum Gasteiger partial charge on any atom is 0.0478 e. The highest BCUT2D eigenvalue weighted by Crippen LogP contribution is 2.24. The molecule has 1 aromatic rings. The van der Waals surface area contributed by atoms with Crippen molar-refractivity contribution in [2.75, 3.05) is 18.1 Å². The van der Waals surface area contributed by atoms with Gasteiger partial charge in [0.15, 0.2) is 0 Å². The average Bonchev–Trinajstić information content (AvgIpc) is 2.25. The molecule has 74 valence electrons. The Kier molecular flexibility index (Phi) is 5.03. The van der Waals surface area contributed by atoms with Crippen molar-refractivity contribution in [3.63, 3.8) is 0 Å². The molecule has 1 rings (SSSR count). The molecule has 0 aromatic heterocycles. The van der Waals surface area contributed by atoms with Gasteiger partial charge in [0.2, 0.25) is 0 Å². The largest absolute Gasteiger partial charge is 0.384 e. The normalized spacial score (nSPS) is 9.43. The maximum absolute atomic E-state index is 5.18. The molecule has 1 nitrogen and oxygen atoms in total. The SMILES string of the molecule is C#CCCCNc1ccccc1SC. The zero-order chi connectivity index (χ0) is 10.2. The monoisotopic (exact) mass is 205 g/mol. The van der Waals surface area contributed by atoms with Crippen LogP contribution in [0.5, 0.6) is 0 Å². The third-order valence-corrected chi connectivity index (χ3v) is 2.72. The first-order valence-electron chi connectivity index (χ1n) is 4.69. The quantitative estimate of drug-likeness (QED) is 0.450. The highest BCUT2D eigenvalue weighted by atomic mass is 32.2. The van der Waals surface area contributed by atoms with Gasteiger partial charge in [-0.1, -0.05) is 12.1 Å². The molecule has 0 aliphatic heterocycles. The predicted molar refractivity (Wildman–Crippen MR) is 64.8 cm³/mol. The van der Waals surface area contributed by atoms with E-state index in [-0.39, 0.29) is 0 Å². The zero-order valence-electron chi connectivity index (χ0n) is 8.42. The summed E-state index contributed by atoms with van der Waals surface area (Å²) in [6.07, 6.45) is 9.14. The molecule has 0 saturated heterocycles. The summed E-state index contributed by atoms with van der Waals surface area (Å²) in [6.45, 7) is 0.946. The molecule has 0 unspecified atom stereocenters. The van der Waals surface area contributed by atoms with Crippen LogP contribution in [0.1, 0.15) is 12.8 Å². The van der Waals surface area contributed by atoms with Crippen molar-refractivity contribution in [2.24, 2.45) is 0 Å². The van der Waals surface area contributed by atoms with E-state index in [2.05, 4.69) is 35.7 Å². The topological polar surface area (TPSA) is 12.0 Å². The van der Waals surface area contributed by atoms with Crippen molar-refractivity contribution < 1.29 is 0 Å². The van der Waals surface area contributed by atoms with E-state index in [0.29, 0.717) is 0 Å². The van der Waals surface area contributed by atoms with Gasteiger partial charge in [-0.15, -0.1) is 24.1 Å². The highest BCUT2D eigenvalue weighted by molar-refractivity contribution is 7.98. The summed E-state index contributed by atoms with van der Waals surface area (Å²) in [5.74, 6) is 2.64. The van der Waals surface area contributed by atoms with Gasteiger partial charge in [-0.25, -0.2) is 0 Å². The number of terminal acetylenes is 1. The Hall–Kier alpha value is -1.07. The van der Waals surface area contributed by atoms with Gasteiger partial charge in [-0.3, -0.25) is 0 Å². The van der Waals surface area contributed by atoms with Gasteiger partial charge < -0.3 is 5.32 Å². The van der Waals surface area contributed by atoms with Gasteiger partial charge in [-0.05, 0) is 24.8 Å². The lowest BCUT2D eigenvalue weighted by molar-refractivity contribution is 0.904. The molecule has 0 radical (unpaired) electrons. The number of benzene rings is 1. The standard InChI is InChI=1S/C12H15NS/c1-3-4-7-10-13-11-8-5-6-9-12(11)14-2/h1,5-6,8-9,13H,4,7,10H2,2H3. The number of anilines is 1. The molecule has 0 spiro atoms. The minimum Gasteiger partial charge on any atom is -0.384 e. The van der Waals surface area contributed by atoms with Crippen molar-refractivity contribution in [1.82, 2.24) is 0 Å². The molecule has 0 saturated carbocycles. The smallest absolute Gasteiger partial charge is 0.0478 e. The third kappa shape index (κ3) is 3.35. The molecule has 0 fully saturated rings. The molecule has 0 aliphatic carbocycles. The van der Waals surface area contributed by atoms with E-state index in [1.807, 2.05) is 6.07 Å². The molecule has 0 atom stereocenters. The Labute approximate surface area is 90.3 Å². The minimum absolute atomic E-state index is 0.842. The minimum atomic E-state index is 0.842. The number of hydrogen-bond donors (Lipinski definition) is 1. The molecule has 0 amide bonds. The Morgan fingerprint density at radius 3 is 2.93 bits per heavy atom. The lowest BCUT2D eigenvalue weighted by Gasteiger charge is -2.08. The first-order valence-corrected chi connectivity index (χ1v) is 5.91. The lowest BCUT2D eigenvalue weighted by Crippen LogP contribution is -2.01. The summed E-state index contributed by atoms with van der Waals surface area (Å²) in [4.78, 5) is 1.29. The fourth-order valence-electron chi connectivity index (χ4n) is 1.20. The fraction of sp³-hybridized carbons (Fsp3) is 0.333. The Morgan fingerprint density at radius 2 is 2.21 bits per heavy atom. The van der Waals surface area contributed by atoms with E-state index in [1.54, 1.807) is 11.8 Å². The van der Waals surface area contributed by atoms with E-state index in [0.717, 1.165) is 19.4 Å². The Morgan fingerprint density at radius 1 is 1.43 bits per heavy atom. The number of thioether (sulfide) groups is 1. The second kappa shape index (κ2) is 6.39. The van der Waals surface area contributed by atoms with Crippen LogP contribution >= 0.6 is 11.8 Å². The molecular formula is C12H15NS. The van der Waals surface area contributed by atoms with E-state index < -0.39 is 0 Å². The highest BCUT2D eigenvalue weighted by Gasteiger charge is 1.97. The van der Waals surface area contributed by atoms with E-state index in [9.17, 15) is 0 Å². The van der Waals surface area contributed by atoms with Crippen molar-refractivity contribution in [3.05, 3.63) is 24.3 Å². The maximum atomic E-state index is 5.18. The molecule has 1 N–H and O–H groups in total. The van der Waals surface area contributed by atoms with Crippen molar-refractivity contribution >= 4 is 17.4 Å². The number of rotatable bonds is 5. The van der Waals surface area contributed by atoms with Crippen LogP contribution < -0.4 is 5.32 Å². The van der Waals surface area contributed by atoms with Crippen LogP contribution in [0, 0.1) is 12.3 Å². The Bertz CT molecular complexity index is 314. The van der Waals surface area contributed by atoms with Crippen LogP contribution in [0.2, 0.25) is 0 Å². The predicted octanol–water partition coefficient (Wildman–Crippen LogP) is 3.23. The third-order valence-electron chi connectivity index (χ3n) is 1.92. The first-order chi connectivity index (χ1) is 6.88. The molecule has 1 aromatic carbocycles. The van der Waals surface area contributed by atoms with Gasteiger partial charge in [0, 0.05) is 23.5 Å². The molecule has 14 heavy (non-hydrogen) atoms. The van der Waals surface area contributed by atoms with Crippen LogP contribution in [0.3, 0.4) is 0 Å². The molecular weight excluding hydrogens is 190 g/mol. The van der Waals surface area contributed by atoms with Crippen molar-refractivity contribution in [2.45, 2.75) is 17.7 Å². The fourth-order valence-corrected chi connectivity index (χ4v) is 1.78. The van der Waals surface area contributed by atoms with E-state index >= 15 is 0 Å². The van der Waals surface area contributed by atoms with Gasteiger partial charge in [0.25, 0.3) is 0 Å². The summed E-state index contributed by atoms with van der Waals surface area (Å²) in [5, 5.41) is 3.38. The van der Waals surface area contributed by atoms with Crippen LogP contribution in [-0.2, 0) is 0 Å². The first kappa shape index (κ1) is 11.0. The van der Waals surface area contributed by atoms with Crippen molar-refractivity contribution in [3.8, 4) is 12.3 Å². The van der Waals surface area contributed by atoms with Crippen LogP contribution in [0.15, 0.2) is 29.2 Å². The summed E-state index contributed by atoms with van der Waals surface area (Å²) < 4.78 is 0. The van der Waals surface area contributed by atoms with Crippen LogP contribution in [-0.4, -0.2) is 12.8 Å². The Balaban J connectivity index is 2.46. The van der Waals surface area contributed by atoms with Gasteiger partial charge in [0.05, 0.1) is 0 Å². The number of unbranched alkanes of at least 4 members (excludes halogenated alkanes) is 1. The number of para-hydroxylation sites is 1. The number of hydrogen-bond acceptors (Lipinski definition) is 2. The second-order valence-corrected chi connectivity index (χ2v) is 3.78. The second-order valence-electron chi connectivity index (χ2n) is 2.93. The summed E-state index contributed by atoms with van der Waals surface area (Å²) in [6, 6.07) is 8.32. The molecule has 0 bridgehead atoms. The molecule has 2 heteroatoms. The summed E-state index contributed by atoms with van der Waals surface area (Å²) in [5.41, 5.74) is 1.21. The zero-order valence-corrected chi connectivity index (χ0v) is 9.23. The molecule has 0 heterocycles. The summed E-state index contributed by atoms with van der Waals surface area (Å²) in [7, 11) is 0. The van der Waals surface area contributed by atoms with Gasteiger partial charge in [0.1, 0.15) is 0 Å². The average molecular weight is 205 g/mol. The van der Waals surface area contributed by atoms with Gasteiger partial charge in [-0.2, -0.15) is 0 Å². The molecule has 0 aliphatic rings. The lowest BCUT2D eigenvalue weighted by atomic mass is 10.3. The van der Waals surface area contributed by atoms with Crippen LogP contribution in [0.4, 0.5) is 5.69 Å². The van der Waals surface area contributed by atoms with E-state index in [4.69, 9.17) is 6.42 Å². The van der Waals surface area contributed by atoms with E-state index in [1.165, 1.54) is 10.6 Å². The number of nitrogens with one attached hydrogen (secondary N) is 1. The van der Waals surface area contributed by atoms with Crippen LogP contribution in [0.25, 0.3) is 0 Å². The van der Waals surface area contributed by atoms with Crippen molar-refractivity contribution in [1.29, 1.82) is 0 Å². The summed E-state index contributed by atoms with van der Waals surface area (Å²) >= 11 is 1.76.